The van der Waals surface area contributed by atoms with Gasteiger partial charge >= 0.3 is 6.18 Å². The topological polar surface area (TPSA) is 69.1 Å². The quantitative estimate of drug-likeness (QED) is 0.466. The van der Waals surface area contributed by atoms with Gasteiger partial charge in [0.1, 0.15) is 0 Å². The largest absolute Gasteiger partial charge is 0.416 e. The molecule has 0 bridgehead atoms. The van der Waals surface area contributed by atoms with Crippen LogP contribution in [-0.4, -0.2) is 30.4 Å². The zero-order valence-corrected chi connectivity index (χ0v) is 11.8. The smallest absolute Gasteiger partial charge is 0.342 e. The Morgan fingerprint density at radius 2 is 2.09 bits per heavy atom. The molecule has 0 N–H and O–H groups in total. The van der Waals surface area contributed by atoms with Crippen LogP contribution in [0, 0.1) is 5.92 Å². The third-order valence-electron chi connectivity index (χ3n) is 3.67. The minimum absolute atomic E-state index is 0.0544. The van der Waals surface area contributed by atoms with E-state index in [0.29, 0.717) is 6.54 Å². The summed E-state index contributed by atoms with van der Waals surface area (Å²) in [5.74, 6) is -0.163. The van der Waals surface area contributed by atoms with Gasteiger partial charge in [0.05, 0.1) is 5.56 Å². The number of azide groups is 1. The van der Waals surface area contributed by atoms with Crippen LogP contribution in [0.2, 0.25) is 0 Å². The first-order valence-corrected chi connectivity index (χ1v) is 6.85. The normalized spacial score (nSPS) is 18.4. The number of alkyl halides is 3. The van der Waals surface area contributed by atoms with Crippen LogP contribution in [-0.2, 0) is 17.4 Å². The van der Waals surface area contributed by atoms with Crippen LogP contribution in [0.5, 0.6) is 0 Å². The number of carbonyl (C=O) groups is 1. The van der Waals surface area contributed by atoms with Gasteiger partial charge in [0, 0.05) is 31.0 Å². The Morgan fingerprint density at radius 3 is 2.77 bits per heavy atom. The lowest BCUT2D eigenvalue weighted by atomic mass is 10.0. The maximum absolute atomic E-state index is 12.9. The summed E-state index contributed by atoms with van der Waals surface area (Å²) in [6.07, 6.45) is -3.97. The Morgan fingerprint density at radius 1 is 1.36 bits per heavy atom. The number of halogens is 3. The highest BCUT2D eigenvalue weighted by Crippen LogP contribution is 2.32. The van der Waals surface area contributed by atoms with Gasteiger partial charge < -0.3 is 4.90 Å². The summed E-state index contributed by atoms with van der Waals surface area (Å²) in [7, 11) is 0. The Hall–Kier alpha value is -2.21. The van der Waals surface area contributed by atoms with Crippen molar-refractivity contribution in [2.45, 2.75) is 19.0 Å². The number of rotatable bonds is 5. The van der Waals surface area contributed by atoms with Gasteiger partial charge in [-0.05, 0) is 29.5 Å². The van der Waals surface area contributed by atoms with Gasteiger partial charge in [-0.1, -0.05) is 23.3 Å². The molecule has 5 nitrogen and oxygen atoms in total. The first-order valence-electron chi connectivity index (χ1n) is 6.85. The number of hydrogen-bond acceptors (Lipinski definition) is 2. The minimum Gasteiger partial charge on any atom is -0.342 e. The summed E-state index contributed by atoms with van der Waals surface area (Å²) in [6.45, 7) is 0.891. The fourth-order valence-corrected chi connectivity index (χ4v) is 2.61. The Labute approximate surface area is 125 Å². The average molecular weight is 312 g/mol. The average Bonchev–Trinajstić information content (AvgIpc) is 2.82. The summed E-state index contributed by atoms with van der Waals surface area (Å²) >= 11 is 0. The van der Waals surface area contributed by atoms with Gasteiger partial charge in [0.25, 0.3) is 0 Å². The molecule has 1 aromatic carbocycles. The summed E-state index contributed by atoms with van der Waals surface area (Å²) in [6, 6.07) is 5.39. The third-order valence-corrected chi connectivity index (χ3v) is 3.67. The number of nitrogens with zero attached hydrogens (tertiary/aromatic N) is 4. The molecule has 0 aromatic heterocycles. The van der Waals surface area contributed by atoms with Crippen LogP contribution in [0.25, 0.3) is 10.4 Å². The van der Waals surface area contributed by atoms with E-state index in [2.05, 4.69) is 10.0 Å². The van der Waals surface area contributed by atoms with Crippen LogP contribution in [0.1, 0.15) is 17.5 Å². The Bertz CT molecular complexity index is 596. The van der Waals surface area contributed by atoms with Gasteiger partial charge in [-0.3, -0.25) is 4.79 Å². The van der Waals surface area contributed by atoms with Crippen LogP contribution >= 0.6 is 0 Å². The van der Waals surface area contributed by atoms with E-state index in [1.54, 1.807) is 6.07 Å². The highest BCUT2D eigenvalue weighted by Gasteiger charge is 2.33. The van der Waals surface area contributed by atoms with Crippen LogP contribution < -0.4 is 0 Å². The van der Waals surface area contributed by atoms with E-state index < -0.39 is 11.7 Å². The summed E-state index contributed by atoms with van der Waals surface area (Å²) in [5.41, 5.74) is 7.79. The zero-order chi connectivity index (χ0) is 16.2. The molecule has 1 unspecified atom stereocenters. The van der Waals surface area contributed by atoms with Crippen LogP contribution in [0.3, 0.4) is 0 Å². The van der Waals surface area contributed by atoms with Crippen molar-refractivity contribution < 1.29 is 18.0 Å². The summed E-state index contributed by atoms with van der Waals surface area (Å²) < 4.78 is 38.7. The molecule has 1 atom stereocenters. The molecule has 1 amide bonds. The molecule has 1 aliphatic heterocycles. The molecule has 1 aliphatic rings. The first kappa shape index (κ1) is 16.2. The highest BCUT2D eigenvalue weighted by molar-refractivity contribution is 5.78. The van der Waals surface area contributed by atoms with Crippen molar-refractivity contribution in [3.63, 3.8) is 0 Å². The molecule has 0 saturated carbocycles. The molecule has 0 spiro atoms. The SMILES string of the molecule is [N-]=[N+]=NCC1CC(=O)N(CCc2ccccc2C(F)(F)F)C1. The Kier molecular flexibility index (Phi) is 4.92. The van der Waals surface area contributed by atoms with Gasteiger partial charge in [0.15, 0.2) is 0 Å². The minimum atomic E-state index is -4.39. The lowest BCUT2D eigenvalue weighted by Gasteiger charge is -2.18. The molecule has 8 heteroatoms. The van der Waals surface area contributed by atoms with Crippen molar-refractivity contribution in [1.29, 1.82) is 0 Å². The monoisotopic (exact) mass is 312 g/mol. The van der Waals surface area contributed by atoms with Crippen molar-refractivity contribution in [3.8, 4) is 0 Å². The van der Waals surface area contributed by atoms with Crippen molar-refractivity contribution in [3.05, 3.63) is 45.8 Å². The predicted molar refractivity (Wildman–Crippen MR) is 73.8 cm³/mol. The summed E-state index contributed by atoms with van der Waals surface area (Å²) in [4.78, 5) is 16.0. The second kappa shape index (κ2) is 6.70. The van der Waals surface area contributed by atoms with E-state index >= 15 is 0 Å². The van der Waals surface area contributed by atoms with Crippen molar-refractivity contribution in [1.82, 2.24) is 4.90 Å². The molecule has 22 heavy (non-hydrogen) atoms. The van der Waals surface area contributed by atoms with E-state index in [1.165, 1.54) is 17.0 Å². The first-order chi connectivity index (χ1) is 10.4. The molecule has 0 aliphatic carbocycles. The number of benzene rings is 1. The van der Waals surface area contributed by atoms with Crippen molar-refractivity contribution in [2.24, 2.45) is 11.0 Å². The molecule has 2 rings (SSSR count). The Balaban J connectivity index is 1.99. The second-order valence-electron chi connectivity index (χ2n) is 5.23. The maximum atomic E-state index is 12.9. The lowest BCUT2D eigenvalue weighted by Crippen LogP contribution is -2.28. The third kappa shape index (κ3) is 3.92. The fourth-order valence-electron chi connectivity index (χ4n) is 2.61. The molecular formula is C14H15F3N4O. The lowest BCUT2D eigenvalue weighted by molar-refractivity contribution is -0.138. The van der Waals surface area contributed by atoms with Crippen molar-refractivity contribution in [2.75, 3.05) is 19.6 Å². The van der Waals surface area contributed by atoms with Crippen LogP contribution in [0.4, 0.5) is 13.2 Å². The maximum Gasteiger partial charge on any atom is 0.416 e. The van der Waals surface area contributed by atoms with E-state index in [0.717, 1.165) is 6.07 Å². The van der Waals surface area contributed by atoms with Crippen molar-refractivity contribution >= 4 is 5.91 Å². The predicted octanol–water partition coefficient (Wildman–Crippen LogP) is 3.41. The van der Waals surface area contributed by atoms with Gasteiger partial charge in [0.2, 0.25) is 5.91 Å². The van der Waals surface area contributed by atoms with E-state index in [9.17, 15) is 18.0 Å². The van der Waals surface area contributed by atoms with Crippen LogP contribution in [0.15, 0.2) is 29.4 Å². The van der Waals surface area contributed by atoms with Gasteiger partial charge in [-0.15, -0.1) is 0 Å². The molecule has 1 saturated heterocycles. The van der Waals surface area contributed by atoms with E-state index in [-0.39, 0.29) is 43.3 Å². The molecule has 1 aromatic rings. The number of likely N-dealkylation sites (tertiary alicyclic amines) is 1. The second-order valence-corrected chi connectivity index (χ2v) is 5.23. The zero-order valence-electron chi connectivity index (χ0n) is 11.8. The standard InChI is InChI=1S/C14H15F3N4O/c15-14(16,17)12-4-2-1-3-11(12)5-6-21-9-10(7-13(21)22)8-19-20-18/h1-4,10H,5-9H2. The van der Waals surface area contributed by atoms with Gasteiger partial charge in [-0.25, -0.2) is 0 Å². The molecule has 1 heterocycles. The molecular weight excluding hydrogens is 297 g/mol. The molecule has 0 radical (unpaired) electrons. The summed E-state index contributed by atoms with van der Waals surface area (Å²) in [5, 5.41) is 3.44. The van der Waals surface area contributed by atoms with E-state index in [1.807, 2.05) is 0 Å². The highest BCUT2D eigenvalue weighted by atomic mass is 19.4. The molecule has 1 fully saturated rings. The number of hydrogen-bond donors (Lipinski definition) is 0. The van der Waals surface area contributed by atoms with Gasteiger partial charge in [-0.2, -0.15) is 13.2 Å². The fraction of sp³-hybridized carbons (Fsp3) is 0.500. The number of carbonyl (C=O) groups excluding carboxylic acids is 1. The van der Waals surface area contributed by atoms with E-state index in [4.69, 9.17) is 5.53 Å². The molecule has 118 valence electrons. The number of amides is 1.